The summed E-state index contributed by atoms with van der Waals surface area (Å²) in [6.45, 7) is 2.03. The van der Waals surface area contributed by atoms with Crippen molar-refractivity contribution < 1.29 is 4.79 Å². The highest BCUT2D eigenvalue weighted by Crippen LogP contribution is 2.25. The summed E-state index contributed by atoms with van der Waals surface area (Å²) in [7, 11) is 1.98. The lowest BCUT2D eigenvalue weighted by molar-refractivity contribution is -0.119. The molecule has 1 aromatic heterocycles. The number of para-hydroxylation sites is 2. The van der Waals surface area contributed by atoms with E-state index in [1.165, 1.54) is 22.5 Å². The van der Waals surface area contributed by atoms with Crippen molar-refractivity contribution in [3.63, 3.8) is 0 Å². The van der Waals surface area contributed by atoms with Gasteiger partial charge < -0.3 is 9.88 Å². The lowest BCUT2D eigenvalue weighted by Crippen LogP contribution is -2.28. The fourth-order valence-electron chi connectivity index (χ4n) is 3.37. The molecule has 0 spiro atoms. The summed E-state index contributed by atoms with van der Waals surface area (Å²) < 4.78 is 2.03. The number of amides is 1. The quantitative estimate of drug-likeness (QED) is 0.515. The first-order valence-corrected chi connectivity index (χ1v) is 9.93. The van der Waals surface area contributed by atoms with Crippen LogP contribution in [0.15, 0.2) is 71.9 Å². The fraction of sp³-hybridized carbons (Fsp3) is 0.182. The minimum Gasteiger partial charge on any atom is -0.349 e. The molecule has 1 amide bonds. The lowest BCUT2D eigenvalue weighted by Gasteiger charge is -2.16. The molecule has 0 bridgehead atoms. The lowest BCUT2D eigenvalue weighted by atomic mass is 10.00. The van der Waals surface area contributed by atoms with E-state index in [0.29, 0.717) is 5.75 Å². The monoisotopic (exact) mass is 375 g/mol. The SMILES string of the molecule is CC(NC(=O)CSc1nc2ccccc2n1C)c1cccc2ccccc12. The minimum atomic E-state index is -0.0513. The second kappa shape index (κ2) is 7.45. The molecule has 0 saturated carbocycles. The number of fused-ring (bicyclic) bond motifs is 2. The van der Waals surface area contributed by atoms with Crippen LogP contribution >= 0.6 is 11.8 Å². The average molecular weight is 375 g/mol. The van der Waals surface area contributed by atoms with Crippen molar-refractivity contribution in [1.82, 2.24) is 14.9 Å². The van der Waals surface area contributed by atoms with Gasteiger partial charge in [0.15, 0.2) is 5.16 Å². The van der Waals surface area contributed by atoms with E-state index in [2.05, 4.69) is 34.6 Å². The van der Waals surface area contributed by atoms with E-state index < -0.39 is 0 Å². The standard InChI is InChI=1S/C22H21N3OS/c1-15(17-11-7-9-16-8-3-4-10-18(16)17)23-21(26)14-27-22-24-19-12-5-6-13-20(19)25(22)2/h3-13,15H,14H2,1-2H3,(H,23,26). The Balaban J connectivity index is 1.45. The molecule has 5 heteroatoms. The number of carbonyl (C=O) groups excluding carboxylic acids is 1. The molecule has 3 aromatic carbocycles. The number of rotatable bonds is 5. The van der Waals surface area contributed by atoms with Gasteiger partial charge in [0.1, 0.15) is 0 Å². The minimum absolute atomic E-state index is 0.00694. The molecule has 4 aromatic rings. The molecule has 1 N–H and O–H groups in total. The highest BCUT2D eigenvalue weighted by Gasteiger charge is 2.14. The second-order valence-electron chi connectivity index (χ2n) is 6.59. The van der Waals surface area contributed by atoms with Gasteiger partial charge in [0.25, 0.3) is 0 Å². The smallest absolute Gasteiger partial charge is 0.230 e. The largest absolute Gasteiger partial charge is 0.349 e. The molecule has 1 unspecified atom stereocenters. The Labute approximate surface area is 162 Å². The van der Waals surface area contributed by atoms with Gasteiger partial charge >= 0.3 is 0 Å². The number of nitrogens with zero attached hydrogens (tertiary/aromatic N) is 2. The van der Waals surface area contributed by atoms with Crippen molar-refractivity contribution in [2.24, 2.45) is 7.05 Å². The van der Waals surface area contributed by atoms with Crippen LogP contribution < -0.4 is 5.32 Å². The predicted octanol–water partition coefficient (Wildman–Crippen LogP) is 4.70. The van der Waals surface area contributed by atoms with Crippen molar-refractivity contribution >= 4 is 39.5 Å². The summed E-state index contributed by atoms with van der Waals surface area (Å²) in [5.41, 5.74) is 3.16. The van der Waals surface area contributed by atoms with Gasteiger partial charge in [-0.2, -0.15) is 0 Å². The van der Waals surface area contributed by atoms with Crippen LogP contribution in [0.2, 0.25) is 0 Å². The zero-order valence-electron chi connectivity index (χ0n) is 15.3. The third kappa shape index (κ3) is 3.55. The van der Waals surface area contributed by atoms with Gasteiger partial charge in [0, 0.05) is 7.05 Å². The summed E-state index contributed by atoms with van der Waals surface area (Å²) in [5, 5.41) is 6.33. The number of hydrogen-bond donors (Lipinski definition) is 1. The molecule has 136 valence electrons. The summed E-state index contributed by atoms with van der Waals surface area (Å²) in [4.78, 5) is 17.1. The number of imidazole rings is 1. The second-order valence-corrected chi connectivity index (χ2v) is 7.53. The number of nitrogens with one attached hydrogen (secondary N) is 1. The van der Waals surface area contributed by atoms with Gasteiger partial charge in [0.2, 0.25) is 5.91 Å². The summed E-state index contributed by atoms with van der Waals surface area (Å²) in [6, 6.07) is 22.4. The van der Waals surface area contributed by atoms with Crippen molar-refractivity contribution in [3.05, 3.63) is 72.3 Å². The molecular formula is C22H21N3OS. The molecule has 1 atom stereocenters. The maximum absolute atomic E-state index is 12.5. The maximum atomic E-state index is 12.5. The molecule has 0 fully saturated rings. The van der Waals surface area contributed by atoms with Crippen molar-refractivity contribution in [2.75, 3.05) is 5.75 Å². The van der Waals surface area contributed by atoms with Gasteiger partial charge in [-0.05, 0) is 35.4 Å². The molecule has 1 heterocycles. The van der Waals surface area contributed by atoms with E-state index in [1.807, 2.05) is 61.0 Å². The normalized spacial score (nSPS) is 12.4. The summed E-state index contributed by atoms with van der Waals surface area (Å²) in [5.74, 6) is 0.346. The van der Waals surface area contributed by atoms with Crippen LogP contribution in [0.25, 0.3) is 21.8 Å². The molecule has 0 aliphatic rings. The average Bonchev–Trinajstić information content (AvgIpc) is 3.02. The van der Waals surface area contributed by atoms with Crippen LogP contribution in [0, 0.1) is 0 Å². The highest BCUT2D eigenvalue weighted by atomic mass is 32.2. The molecule has 0 saturated heterocycles. The first-order chi connectivity index (χ1) is 13.1. The van der Waals surface area contributed by atoms with Crippen LogP contribution in [0.5, 0.6) is 0 Å². The number of aromatic nitrogens is 2. The topological polar surface area (TPSA) is 46.9 Å². The van der Waals surface area contributed by atoms with Crippen molar-refractivity contribution in [2.45, 2.75) is 18.1 Å². The molecule has 0 aliphatic carbocycles. The van der Waals surface area contributed by atoms with Crippen LogP contribution in [0.1, 0.15) is 18.5 Å². The van der Waals surface area contributed by atoms with E-state index >= 15 is 0 Å². The van der Waals surface area contributed by atoms with E-state index in [1.54, 1.807) is 0 Å². The van der Waals surface area contributed by atoms with Gasteiger partial charge in [-0.15, -0.1) is 0 Å². The van der Waals surface area contributed by atoms with Gasteiger partial charge in [0.05, 0.1) is 22.8 Å². The molecule has 4 nitrogen and oxygen atoms in total. The Morgan fingerprint density at radius 2 is 1.81 bits per heavy atom. The summed E-state index contributed by atoms with van der Waals surface area (Å²) >= 11 is 1.46. The van der Waals surface area contributed by atoms with Gasteiger partial charge in [-0.3, -0.25) is 4.79 Å². The Morgan fingerprint density at radius 3 is 2.67 bits per heavy atom. The third-order valence-corrected chi connectivity index (χ3v) is 5.78. The number of carbonyl (C=O) groups is 1. The van der Waals surface area contributed by atoms with E-state index in [-0.39, 0.29) is 11.9 Å². The number of aryl methyl sites for hydroxylation is 1. The number of benzene rings is 3. The number of thioether (sulfide) groups is 1. The van der Waals surface area contributed by atoms with Gasteiger partial charge in [-0.1, -0.05) is 66.4 Å². The first kappa shape index (κ1) is 17.6. The Bertz CT molecular complexity index is 1110. The Morgan fingerprint density at radius 1 is 1.07 bits per heavy atom. The zero-order valence-corrected chi connectivity index (χ0v) is 16.2. The Hall–Kier alpha value is -2.79. The molecule has 27 heavy (non-hydrogen) atoms. The van der Waals surface area contributed by atoms with Crippen molar-refractivity contribution in [3.8, 4) is 0 Å². The number of hydrogen-bond acceptors (Lipinski definition) is 3. The first-order valence-electron chi connectivity index (χ1n) is 8.95. The van der Waals surface area contributed by atoms with Crippen molar-refractivity contribution in [1.29, 1.82) is 0 Å². The highest BCUT2D eigenvalue weighted by molar-refractivity contribution is 7.99. The van der Waals surface area contributed by atoms with E-state index in [4.69, 9.17) is 0 Å². The predicted molar refractivity (Wildman–Crippen MR) is 112 cm³/mol. The van der Waals surface area contributed by atoms with E-state index in [0.717, 1.165) is 21.8 Å². The van der Waals surface area contributed by atoms with Crippen LogP contribution in [0.3, 0.4) is 0 Å². The fourth-order valence-corrected chi connectivity index (χ4v) is 4.17. The Kier molecular flexibility index (Phi) is 4.86. The van der Waals surface area contributed by atoms with Gasteiger partial charge in [-0.25, -0.2) is 4.98 Å². The van der Waals surface area contributed by atoms with Crippen LogP contribution in [0.4, 0.5) is 0 Å². The van der Waals surface area contributed by atoms with Crippen LogP contribution in [-0.2, 0) is 11.8 Å². The molecule has 4 rings (SSSR count). The summed E-state index contributed by atoms with van der Waals surface area (Å²) in [6.07, 6.45) is 0. The maximum Gasteiger partial charge on any atom is 0.230 e. The van der Waals surface area contributed by atoms with Crippen LogP contribution in [-0.4, -0.2) is 21.2 Å². The van der Waals surface area contributed by atoms with E-state index in [9.17, 15) is 4.79 Å². The molecular weight excluding hydrogens is 354 g/mol. The molecule has 0 aliphatic heterocycles. The zero-order chi connectivity index (χ0) is 18.8. The third-order valence-electron chi connectivity index (χ3n) is 4.75. The molecule has 0 radical (unpaired) electrons.